The van der Waals surface area contributed by atoms with Crippen molar-refractivity contribution in [2.75, 3.05) is 0 Å². The average Bonchev–Trinajstić information content (AvgIpc) is 2.47. The Kier molecular flexibility index (Phi) is 4.48. The normalized spacial score (nSPS) is 11.7. The molecule has 2 rings (SSSR count). The molecular formula is C17H20N2O2. The van der Waals surface area contributed by atoms with Gasteiger partial charge >= 0.3 is 0 Å². The topological polar surface area (TPSA) is 67.8 Å². The maximum atomic E-state index is 8.75. The molecule has 3 N–H and O–H groups in total. The first-order valence-electron chi connectivity index (χ1n) is 6.88. The lowest BCUT2D eigenvalue weighted by Gasteiger charge is -2.14. The predicted molar refractivity (Wildman–Crippen MR) is 84.3 cm³/mol. The van der Waals surface area contributed by atoms with E-state index in [-0.39, 0.29) is 5.84 Å². The van der Waals surface area contributed by atoms with Crippen LogP contribution in [0.4, 0.5) is 0 Å². The van der Waals surface area contributed by atoms with Crippen LogP contribution in [-0.4, -0.2) is 11.0 Å². The summed E-state index contributed by atoms with van der Waals surface area (Å²) in [5, 5.41) is 11.8. The van der Waals surface area contributed by atoms with Crippen LogP contribution < -0.4 is 10.5 Å². The molecule has 0 aliphatic carbocycles. The van der Waals surface area contributed by atoms with E-state index in [0.29, 0.717) is 11.5 Å². The minimum Gasteiger partial charge on any atom is -0.457 e. The summed E-state index contributed by atoms with van der Waals surface area (Å²) in [7, 11) is 0. The molecule has 0 fully saturated rings. The number of rotatable bonds is 4. The predicted octanol–water partition coefficient (Wildman–Crippen LogP) is 4.01. The summed E-state index contributed by atoms with van der Waals surface area (Å²) in [5.41, 5.74) is 8.37. The number of oxime groups is 1. The van der Waals surface area contributed by atoms with Gasteiger partial charge in [0.1, 0.15) is 11.5 Å². The molecule has 2 aromatic carbocycles. The second-order valence-corrected chi connectivity index (χ2v) is 5.26. The van der Waals surface area contributed by atoms with E-state index >= 15 is 0 Å². The van der Waals surface area contributed by atoms with Gasteiger partial charge in [0.25, 0.3) is 0 Å². The molecule has 0 atom stereocenters. The lowest BCUT2D eigenvalue weighted by Crippen LogP contribution is -2.14. The number of benzene rings is 2. The molecule has 0 bridgehead atoms. The van der Waals surface area contributed by atoms with Crippen molar-refractivity contribution in [2.45, 2.75) is 26.7 Å². The molecule has 0 amide bonds. The van der Waals surface area contributed by atoms with Gasteiger partial charge in [0.05, 0.1) is 0 Å². The standard InChI is InChI=1S/C17H20N2O2/c1-11(2)14-6-4-5-7-16(14)21-13-8-9-15(12(3)10-13)17(18)19-20/h4-11,20H,1-3H3,(H2,18,19). The lowest BCUT2D eigenvalue weighted by atomic mass is 10.0. The molecule has 0 radical (unpaired) electrons. The van der Waals surface area contributed by atoms with Gasteiger partial charge in [-0.2, -0.15) is 0 Å². The van der Waals surface area contributed by atoms with E-state index in [2.05, 4.69) is 25.1 Å². The first kappa shape index (κ1) is 14.9. The van der Waals surface area contributed by atoms with Crippen molar-refractivity contribution in [3.8, 4) is 11.5 Å². The average molecular weight is 284 g/mol. The minimum absolute atomic E-state index is 0.0987. The minimum atomic E-state index is 0.0987. The molecule has 0 aromatic heterocycles. The maximum Gasteiger partial charge on any atom is 0.170 e. The molecule has 21 heavy (non-hydrogen) atoms. The van der Waals surface area contributed by atoms with Gasteiger partial charge in [0.2, 0.25) is 0 Å². The fourth-order valence-corrected chi connectivity index (χ4v) is 2.22. The molecule has 0 unspecified atom stereocenters. The van der Waals surface area contributed by atoms with E-state index < -0.39 is 0 Å². The van der Waals surface area contributed by atoms with Crippen LogP contribution in [0.1, 0.15) is 36.5 Å². The van der Waals surface area contributed by atoms with Gasteiger partial charge < -0.3 is 15.7 Å². The van der Waals surface area contributed by atoms with Crippen LogP contribution in [0.5, 0.6) is 11.5 Å². The molecule has 4 nitrogen and oxygen atoms in total. The number of aryl methyl sites for hydroxylation is 1. The van der Waals surface area contributed by atoms with Crippen molar-refractivity contribution < 1.29 is 9.94 Å². The molecule has 2 aromatic rings. The number of ether oxygens (including phenoxy) is 1. The summed E-state index contributed by atoms with van der Waals surface area (Å²) in [6.45, 7) is 6.17. The van der Waals surface area contributed by atoms with E-state index in [0.717, 1.165) is 22.6 Å². The van der Waals surface area contributed by atoms with Gasteiger partial charge in [0.15, 0.2) is 5.84 Å². The molecule has 110 valence electrons. The monoisotopic (exact) mass is 284 g/mol. The zero-order valence-electron chi connectivity index (χ0n) is 12.5. The zero-order chi connectivity index (χ0) is 15.4. The van der Waals surface area contributed by atoms with Crippen LogP contribution >= 0.6 is 0 Å². The zero-order valence-corrected chi connectivity index (χ0v) is 12.5. The van der Waals surface area contributed by atoms with E-state index in [1.165, 1.54) is 0 Å². The van der Waals surface area contributed by atoms with Crippen LogP contribution in [0, 0.1) is 6.92 Å². The largest absolute Gasteiger partial charge is 0.457 e. The summed E-state index contributed by atoms with van der Waals surface area (Å²) in [6.07, 6.45) is 0. The van der Waals surface area contributed by atoms with Gasteiger partial charge in [0, 0.05) is 5.56 Å². The maximum absolute atomic E-state index is 8.75. The van der Waals surface area contributed by atoms with Crippen LogP contribution in [0.2, 0.25) is 0 Å². The van der Waals surface area contributed by atoms with Crippen LogP contribution in [0.15, 0.2) is 47.6 Å². The fourth-order valence-electron chi connectivity index (χ4n) is 2.22. The smallest absolute Gasteiger partial charge is 0.170 e. The third kappa shape index (κ3) is 3.34. The van der Waals surface area contributed by atoms with Crippen LogP contribution in [0.25, 0.3) is 0 Å². The van der Waals surface area contributed by atoms with Crippen molar-refractivity contribution in [2.24, 2.45) is 10.9 Å². The van der Waals surface area contributed by atoms with Crippen LogP contribution in [0.3, 0.4) is 0 Å². The van der Waals surface area contributed by atoms with Crippen LogP contribution in [-0.2, 0) is 0 Å². The van der Waals surface area contributed by atoms with Gasteiger partial charge in [-0.05, 0) is 48.2 Å². The quantitative estimate of drug-likeness (QED) is 0.386. The number of amidine groups is 1. The molecule has 0 heterocycles. The third-order valence-electron chi connectivity index (χ3n) is 3.35. The highest BCUT2D eigenvalue weighted by atomic mass is 16.5. The van der Waals surface area contributed by atoms with Gasteiger partial charge in [-0.3, -0.25) is 0 Å². The number of nitrogens with zero attached hydrogens (tertiary/aromatic N) is 1. The molecular weight excluding hydrogens is 264 g/mol. The molecule has 0 aliphatic rings. The number of para-hydroxylation sites is 1. The van der Waals surface area contributed by atoms with Crippen molar-refractivity contribution >= 4 is 5.84 Å². The lowest BCUT2D eigenvalue weighted by molar-refractivity contribution is 0.318. The molecule has 0 saturated carbocycles. The first-order chi connectivity index (χ1) is 10.0. The van der Waals surface area contributed by atoms with Gasteiger partial charge in [-0.15, -0.1) is 0 Å². The van der Waals surface area contributed by atoms with E-state index in [9.17, 15) is 0 Å². The Hall–Kier alpha value is -2.49. The first-order valence-corrected chi connectivity index (χ1v) is 6.88. The highest BCUT2D eigenvalue weighted by molar-refractivity contribution is 5.98. The Labute approximate surface area is 124 Å². The summed E-state index contributed by atoms with van der Waals surface area (Å²) >= 11 is 0. The van der Waals surface area contributed by atoms with Crippen molar-refractivity contribution in [1.82, 2.24) is 0 Å². The van der Waals surface area contributed by atoms with Gasteiger partial charge in [-0.1, -0.05) is 37.2 Å². The number of hydrogen-bond acceptors (Lipinski definition) is 3. The Bertz CT molecular complexity index is 664. The number of nitrogens with two attached hydrogens (primary N) is 1. The number of hydrogen-bond donors (Lipinski definition) is 2. The fraction of sp³-hybridized carbons (Fsp3) is 0.235. The Balaban J connectivity index is 2.31. The summed E-state index contributed by atoms with van der Waals surface area (Å²) in [5.74, 6) is 2.07. The van der Waals surface area contributed by atoms with E-state index in [1.54, 1.807) is 6.07 Å². The third-order valence-corrected chi connectivity index (χ3v) is 3.35. The van der Waals surface area contributed by atoms with Crippen molar-refractivity contribution in [3.63, 3.8) is 0 Å². The van der Waals surface area contributed by atoms with Gasteiger partial charge in [-0.25, -0.2) is 0 Å². The Morgan fingerprint density at radius 2 is 1.90 bits per heavy atom. The highest BCUT2D eigenvalue weighted by Crippen LogP contribution is 2.31. The second-order valence-electron chi connectivity index (χ2n) is 5.26. The molecule has 0 aliphatic heterocycles. The summed E-state index contributed by atoms with van der Waals surface area (Å²) < 4.78 is 5.98. The second kappa shape index (κ2) is 6.31. The Morgan fingerprint density at radius 1 is 1.19 bits per heavy atom. The highest BCUT2D eigenvalue weighted by Gasteiger charge is 2.10. The Morgan fingerprint density at radius 3 is 2.52 bits per heavy atom. The van der Waals surface area contributed by atoms with Crippen molar-refractivity contribution in [1.29, 1.82) is 0 Å². The van der Waals surface area contributed by atoms with E-state index in [4.69, 9.17) is 15.7 Å². The summed E-state index contributed by atoms with van der Waals surface area (Å²) in [6, 6.07) is 13.5. The summed E-state index contributed by atoms with van der Waals surface area (Å²) in [4.78, 5) is 0. The molecule has 0 saturated heterocycles. The SMILES string of the molecule is Cc1cc(Oc2ccccc2C(C)C)ccc1/C(N)=N/O. The van der Waals surface area contributed by atoms with E-state index in [1.807, 2.05) is 37.3 Å². The molecule has 4 heteroatoms. The molecule has 0 spiro atoms. The van der Waals surface area contributed by atoms with Crippen molar-refractivity contribution in [3.05, 3.63) is 59.2 Å².